The number of hydrogen-bond acceptors (Lipinski definition) is 4. The van der Waals surface area contributed by atoms with Crippen LogP contribution in [0.4, 0.5) is 11.4 Å². The molecule has 2 aliphatic heterocycles. The number of anilines is 2. The summed E-state index contributed by atoms with van der Waals surface area (Å²) < 4.78 is 29.0. The Balaban J connectivity index is 1.55. The number of carbonyl (C=O) groups is 2. The number of amides is 2. The van der Waals surface area contributed by atoms with Gasteiger partial charge in [0.15, 0.2) is 0 Å². The lowest BCUT2D eigenvalue weighted by Gasteiger charge is -2.31. The third-order valence-corrected chi connectivity index (χ3v) is 9.19. The molecule has 4 rings (SSSR count). The minimum absolute atomic E-state index is 0.0312. The van der Waals surface area contributed by atoms with Crippen LogP contribution in [0.25, 0.3) is 0 Å². The SMILES string of the molecule is CCC(=O)N1CCc2cc(Br)c(S(=O)(=O)N3CCC[C@H](C(=O)Nc4ccc(Cl)cc4)C3)cc21. The molecule has 0 spiro atoms. The molecule has 176 valence electrons. The normalized spacial score (nSPS) is 18.8. The third-order valence-electron chi connectivity index (χ3n) is 6.12. The number of nitrogens with zero attached hydrogens (tertiary/aromatic N) is 2. The standard InChI is InChI=1S/C23H25BrClN3O4S/c1-2-22(29)28-11-9-15-12-19(24)21(13-20(15)28)33(31,32)27-10-3-4-16(14-27)23(30)26-18-7-5-17(25)6-8-18/h5-8,12-13,16H,2-4,9-11,14H2,1H3,(H,26,30)/t16-/m0/s1. The Labute approximate surface area is 207 Å². The van der Waals surface area contributed by atoms with Crippen LogP contribution in [0.3, 0.4) is 0 Å². The molecule has 1 fully saturated rings. The van der Waals surface area contributed by atoms with E-state index in [0.717, 1.165) is 5.56 Å². The molecule has 2 aliphatic rings. The Morgan fingerprint density at radius 1 is 1.18 bits per heavy atom. The summed E-state index contributed by atoms with van der Waals surface area (Å²) in [5.41, 5.74) is 2.21. The van der Waals surface area contributed by atoms with Gasteiger partial charge < -0.3 is 10.2 Å². The van der Waals surface area contributed by atoms with Gasteiger partial charge in [-0.1, -0.05) is 18.5 Å². The third kappa shape index (κ3) is 4.96. The van der Waals surface area contributed by atoms with Crippen LogP contribution in [0.2, 0.25) is 5.02 Å². The molecule has 2 aromatic rings. The lowest BCUT2D eigenvalue weighted by molar-refractivity contribution is -0.121. The Bertz CT molecular complexity index is 1190. The zero-order valence-corrected chi connectivity index (χ0v) is 21.3. The minimum atomic E-state index is -3.86. The number of carbonyl (C=O) groups excluding carboxylic acids is 2. The van der Waals surface area contributed by atoms with Gasteiger partial charge in [-0.15, -0.1) is 0 Å². The van der Waals surface area contributed by atoms with Gasteiger partial charge >= 0.3 is 0 Å². The van der Waals surface area contributed by atoms with Gasteiger partial charge in [0.25, 0.3) is 0 Å². The molecular weight excluding hydrogens is 530 g/mol. The number of sulfonamides is 1. The van der Waals surface area contributed by atoms with Crippen molar-refractivity contribution in [2.24, 2.45) is 5.92 Å². The molecule has 10 heteroatoms. The molecule has 7 nitrogen and oxygen atoms in total. The van der Waals surface area contributed by atoms with E-state index >= 15 is 0 Å². The van der Waals surface area contributed by atoms with E-state index < -0.39 is 15.9 Å². The van der Waals surface area contributed by atoms with Crippen molar-refractivity contribution < 1.29 is 18.0 Å². The van der Waals surface area contributed by atoms with E-state index in [1.165, 1.54) is 4.31 Å². The highest BCUT2D eigenvalue weighted by Crippen LogP contribution is 2.37. The molecule has 0 radical (unpaired) electrons. The van der Waals surface area contributed by atoms with E-state index in [9.17, 15) is 18.0 Å². The summed E-state index contributed by atoms with van der Waals surface area (Å²) in [6, 6.07) is 10.2. The molecule has 33 heavy (non-hydrogen) atoms. The fourth-order valence-corrected chi connectivity index (χ4v) is 7.05. The Hall–Kier alpha value is -1.94. The van der Waals surface area contributed by atoms with Crippen molar-refractivity contribution in [2.75, 3.05) is 29.9 Å². The maximum absolute atomic E-state index is 13.6. The maximum atomic E-state index is 13.6. The Morgan fingerprint density at radius 2 is 1.91 bits per heavy atom. The zero-order valence-electron chi connectivity index (χ0n) is 18.2. The van der Waals surface area contributed by atoms with Crippen LogP contribution in [0.15, 0.2) is 45.8 Å². The highest BCUT2D eigenvalue weighted by molar-refractivity contribution is 9.10. The molecular formula is C23H25BrClN3O4S. The summed E-state index contributed by atoms with van der Waals surface area (Å²) >= 11 is 9.32. The monoisotopic (exact) mass is 553 g/mol. The largest absolute Gasteiger partial charge is 0.326 e. The molecule has 2 aromatic carbocycles. The van der Waals surface area contributed by atoms with Crippen LogP contribution >= 0.6 is 27.5 Å². The van der Waals surface area contributed by atoms with Crippen LogP contribution < -0.4 is 10.2 Å². The van der Waals surface area contributed by atoms with Gasteiger partial charge in [0.1, 0.15) is 0 Å². The van der Waals surface area contributed by atoms with Crippen molar-refractivity contribution >= 4 is 60.7 Å². The van der Waals surface area contributed by atoms with E-state index in [-0.39, 0.29) is 23.3 Å². The van der Waals surface area contributed by atoms with Crippen molar-refractivity contribution in [3.05, 3.63) is 51.5 Å². The second-order valence-electron chi connectivity index (χ2n) is 8.26. The molecule has 0 saturated carbocycles. The second-order valence-corrected chi connectivity index (χ2v) is 11.5. The number of piperidine rings is 1. The molecule has 1 atom stereocenters. The maximum Gasteiger partial charge on any atom is 0.244 e. The van der Waals surface area contributed by atoms with Crippen LogP contribution in [-0.2, 0) is 26.0 Å². The van der Waals surface area contributed by atoms with Gasteiger partial charge in [-0.3, -0.25) is 9.59 Å². The first-order valence-corrected chi connectivity index (χ1v) is 13.5. The van der Waals surface area contributed by atoms with Crippen molar-refractivity contribution in [1.82, 2.24) is 4.31 Å². The minimum Gasteiger partial charge on any atom is -0.326 e. The fourth-order valence-electron chi connectivity index (χ4n) is 4.33. The van der Waals surface area contributed by atoms with Crippen LogP contribution in [0, 0.1) is 5.92 Å². The fraction of sp³-hybridized carbons (Fsp3) is 0.391. The van der Waals surface area contributed by atoms with Crippen molar-refractivity contribution in [1.29, 1.82) is 0 Å². The predicted octanol–water partition coefficient (Wildman–Crippen LogP) is 4.44. The van der Waals surface area contributed by atoms with Crippen LogP contribution in [-0.4, -0.2) is 44.2 Å². The molecule has 0 aromatic heterocycles. The molecule has 1 saturated heterocycles. The van der Waals surface area contributed by atoms with Crippen molar-refractivity contribution in [2.45, 2.75) is 37.5 Å². The highest BCUT2D eigenvalue weighted by atomic mass is 79.9. The quantitative estimate of drug-likeness (QED) is 0.592. The lowest BCUT2D eigenvalue weighted by Crippen LogP contribution is -2.43. The van der Waals surface area contributed by atoms with E-state index in [2.05, 4.69) is 21.2 Å². The first-order valence-electron chi connectivity index (χ1n) is 10.9. The predicted molar refractivity (Wildman–Crippen MR) is 132 cm³/mol. The summed E-state index contributed by atoms with van der Waals surface area (Å²) in [6.45, 7) is 2.78. The van der Waals surface area contributed by atoms with Gasteiger partial charge in [-0.25, -0.2) is 8.42 Å². The Kier molecular flexibility index (Phi) is 7.14. The van der Waals surface area contributed by atoms with E-state index in [4.69, 9.17) is 11.6 Å². The number of halogens is 2. The molecule has 2 amide bonds. The number of hydrogen-bond donors (Lipinski definition) is 1. The summed E-state index contributed by atoms with van der Waals surface area (Å²) in [4.78, 5) is 26.9. The zero-order chi connectivity index (χ0) is 23.8. The molecule has 0 bridgehead atoms. The topological polar surface area (TPSA) is 86.8 Å². The second kappa shape index (κ2) is 9.74. The van der Waals surface area contributed by atoms with Gasteiger partial charge in [0, 0.05) is 46.9 Å². The van der Waals surface area contributed by atoms with E-state index in [0.29, 0.717) is 59.6 Å². The number of rotatable bonds is 5. The highest BCUT2D eigenvalue weighted by Gasteiger charge is 2.36. The van der Waals surface area contributed by atoms with Crippen LogP contribution in [0.1, 0.15) is 31.7 Å². The smallest absolute Gasteiger partial charge is 0.244 e. The number of benzene rings is 2. The van der Waals surface area contributed by atoms with Gasteiger partial charge in [-0.05, 0) is 77.2 Å². The van der Waals surface area contributed by atoms with Gasteiger partial charge in [-0.2, -0.15) is 4.31 Å². The molecule has 0 aliphatic carbocycles. The summed E-state index contributed by atoms with van der Waals surface area (Å²) in [6.07, 6.45) is 2.24. The van der Waals surface area contributed by atoms with Crippen molar-refractivity contribution in [3.63, 3.8) is 0 Å². The average Bonchev–Trinajstić information content (AvgIpc) is 3.22. The Morgan fingerprint density at radius 3 is 2.61 bits per heavy atom. The average molecular weight is 555 g/mol. The first-order chi connectivity index (χ1) is 15.7. The van der Waals surface area contributed by atoms with Gasteiger partial charge in [0.2, 0.25) is 21.8 Å². The first kappa shape index (κ1) is 24.2. The van der Waals surface area contributed by atoms with Crippen LogP contribution in [0.5, 0.6) is 0 Å². The molecule has 1 N–H and O–H groups in total. The lowest BCUT2D eigenvalue weighted by atomic mass is 9.99. The molecule has 0 unspecified atom stereocenters. The summed E-state index contributed by atoms with van der Waals surface area (Å²) in [7, 11) is -3.86. The number of nitrogens with one attached hydrogen (secondary N) is 1. The van der Waals surface area contributed by atoms with E-state index in [1.54, 1.807) is 48.2 Å². The van der Waals surface area contributed by atoms with Crippen molar-refractivity contribution in [3.8, 4) is 0 Å². The molecule has 2 heterocycles. The number of fused-ring (bicyclic) bond motifs is 1. The summed E-state index contributed by atoms with van der Waals surface area (Å²) in [5, 5.41) is 3.42. The summed E-state index contributed by atoms with van der Waals surface area (Å²) in [5.74, 6) is -0.711. The van der Waals surface area contributed by atoms with Gasteiger partial charge in [0.05, 0.1) is 10.8 Å². The van der Waals surface area contributed by atoms with E-state index in [1.807, 2.05) is 0 Å².